The molecule has 0 saturated heterocycles. The van der Waals surface area contributed by atoms with Gasteiger partial charge in [0.1, 0.15) is 0 Å². The van der Waals surface area contributed by atoms with E-state index in [1.807, 2.05) is 13.8 Å². The summed E-state index contributed by atoms with van der Waals surface area (Å²) in [4.78, 5) is 13.9. The molecule has 1 aromatic rings. The summed E-state index contributed by atoms with van der Waals surface area (Å²) in [6.45, 7) is 7.86. The Hall–Kier alpha value is -1.66. The maximum absolute atomic E-state index is 12.2. The van der Waals surface area contributed by atoms with Gasteiger partial charge in [0, 0.05) is 18.2 Å². The lowest BCUT2D eigenvalue weighted by atomic mass is 10.1. The van der Waals surface area contributed by atoms with E-state index in [1.165, 1.54) is 24.3 Å². The Morgan fingerprint density at radius 3 is 2.26 bits per heavy atom. The SMILES string of the molecule is C=CCN(C(=O)c1ccc(S(N)(=O)=O)cc1)C(C)C. The third-order valence-electron chi connectivity index (χ3n) is 2.64. The molecule has 2 N–H and O–H groups in total. The van der Waals surface area contributed by atoms with Crippen LogP contribution in [-0.4, -0.2) is 31.8 Å². The molecule has 6 heteroatoms. The second-order valence-electron chi connectivity index (χ2n) is 4.41. The number of primary sulfonamides is 1. The molecular formula is C13H18N2O3S. The Morgan fingerprint density at radius 1 is 1.37 bits per heavy atom. The Morgan fingerprint density at radius 2 is 1.89 bits per heavy atom. The van der Waals surface area contributed by atoms with Crippen LogP contribution in [0.15, 0.2) is 41.8 Å². The molecule has 19 heavy (non-hydrogen) atoms. The smallest absolute Gasteiger partial charge is 0.254 e. The molecule has 104 valence electrons. The summed E-state index contributed by atoms with van der Waals surface area (Å²) in [6, 6.07) is 5.61. The van der Waals surface area contributed by atoms with Gasteiger partial charge in [-0.1, -0.05) is 6.08 Å². The van der Waals surface area contributed by atoms with Crippen LogP contribution in [0.3, 0.4) is 0 Å². The van der Waals surface area contributed by atoms with Gasteiger partial charge in [0.05, 0.1) is 4.90 Å². The topological polar surface area (TPSA) is 80.5 Å². The highest BCUT2D eigenvalue weighted by Gasteiger charge is 2.18. The number of hydrogen-bond donors (Lipinski definition) is 1. The number of hydrogen-bond acceptors (Lipinski definition) is 3. The average molecular weight is 282 g/mol. The molecule has 0 fully saturated rings. The molecule has 0 aliphatic carbocycles. The van der Waals surface area contributed by atoms with Crippen LogP contribution in [0.2, 0.25) is 0 Å². The monoisotopic (exact) mass is 282 g/mol. The van der Waals surface area contributed by atoms with Gasteiger partial charge < -0.3 is 4.90 Å². The van der Waals surface area contributed by atoms with Crippen LogP contribution in [0, 0.1) is 0 Å². The van der Waals surface area contributed by atoms with Crippen LogP contribution in [0.25, 0.3) is 0 Å². The summed E-state index contributed by atoms with van der Waals surface area (Å²) >= 11 is 0. The number of nitrogens with zero attached hydrogens (tertiary/aromatic N) is 1. The normalized spacial score (nSPS) is 11.4. The highest BCUT2D eigenvalue weighted by atomic mass is 32.2. The van der Waals surface area contributed by atoms with E-state index < -0.39 is 10.0 Å². The lowest BCUT2D eigenvalue weighted by molar-refractivity contribution is 0.0728. The Kier molecular flexibility index (Phi) is 4.85. The lowest BCUT2D eigenvalue weighted by Crippen LogP contribution is -2.37. The molecule has 0 spiro atoms. The van der Waals surface area contributed by atoms with Gasteiger partial charge in [-0.25, -0.2) is 13.6 Å². The van der Waals surface area contributed by atoms with Crippen molar-refractivity contribution in [3.63, 3.8) is 0 Å². The van der Waals surface area contributed by atoms with E-state index >= 15 is 0 Å². The standard InChI is InChI=1S/C13H18N2O3S/c1-4-9-15(10(2)3)13(16)11-5-7-12(8-6-11)19(14,17)18/h4-8,10H,1,9H2,2-3H3,(H2,14,17,18). The zero-order chi connectivity index (χ0) is 14.6. The summed E-state index contributed by atoms with van der Waals surface area (Å²) < 4.78 is 22.3. The predicted octanol–water partition coefficient (Wildman–Crippen LogP) is 1.37. The molecule has 0 saturated carbocycles. The van der Waals surface area contributed by atoms with Gasteiger partial charge in [-0.2, -0.15) is 0 Å². The zero-order valence-corrected chi connectivity index (χ0v) is 11.9. The van der Waals surface area contributed by atoms with Crippen molar-refractivity contribution >= 4 is 15.9 Å². The quantitative estimate of drug-likeness (QED) is 0.828. The fourth-order valence-electron chi connectivity index (χ4n) is 1.62. The molecule has 0 heterocycles. The van der Waals surface area contributed by atoms with Gasteiger partial charge >= 0.3 is 0 Å². The van der Waals surface area contributed by atoms with Crippen molar-refractivity contribution in [2.45, 2.75) is 24.8 Å². The van der Waals surface area contributed by atoms with Gasteiger partial charge in [-0.3, -0.25) is 4.79 Å². The van der Waals surface area contributed by atoms with Crippen molar-refractivity contribution in [2.24, 2.45) is 5.14 Å². The van der Waals surface area contributed by atoms with Crippen molar-refractivity contribution in [3.8, 4) is 0 Å². The van der Waals surface area contributed by atoms with Crippen molar-refractivity contribution in [1.82, 2.24) is 4.90 Å². The van der Waals surface area contributed by atoms with Crippen LogP contribution in [-0.2, 0) is 10.0 Å². The van der Waals surface area contributed by atoms with Gasteiger partial charge in [0.2, 0.25) is 10.0 Å². The predicted molar refractivity (Wildman–Crippen MR) is 74.2 cm³/mol. The van der Waals surface area contributed by atoms with E-state index in [0.29, 0.717) is 12.1 Å². The Balaban J connectivity index is 3.03. The summed E-state index contributed by atoms with van der Waals surface area (Å²) in [7, 11) is -3.73. The highest BCUT2D eigenvalue weighted by molar-refractivity contribution is 7.89. The van der Waals surface area contributed by atoms with Crippen LogP contribution < -0.4 is 5.14 Å². The third-order valence-corrected chi connectivity index (χ3v) is 3.57. The number of benzene rings is 1. The molecule has 0 atom stereocenters. The summed E-state index contributed by atoms with van der Waals surface area (Å²) in [5, 5.41) is 5.00. The molecule has 0 aliphatic rings. The minimum atomic E-state index is -3.73. The molecule has 1 aromatic carbocycles. The van der Waals surface area contributed by atoms with Gasteiger partial charge in [-0.05, 0) is 38.1 Å². The van der Waals surface area contributed by atoms with Crippen LogP contribution in [0.5, 0.6) is 0 Å². The fourth-order valence-corrected chi connectivity index (χ4v) is 2.14. The second-order valence-corrected chi connectivity index (χ2v) is 5.97. The van der Waals surface area contributed by atoms with E-state index in [2.05, 4.69) is 6.58 Å². The fraction of sp³-hybridized carbons (Fsp3) is 0.308. The Bertz CT molecular complexity index is 562. The van der Waals surface area contributed by atoms with E-state index in [-0.39, 0.29) is 16.8 Å². The number of sulfonamides is 1. The second kappa shape index (κ2) is 5.99. The van der Waals surface area contributed by atoms with Crippen LogP contribution in [0.1, 0.15) is 24.2 Å². The van der Waals surface area contributed by atoms with E-state index in [0.717, 1.165) is 0 Å². The molecule has 0 aliphatic heterocycles. The summed E-state index contributed by atoms with van der Waals surface area (Å²) in [5.41, 5.74) is 0.419. The number of nitrogens with two attached hydrogens (primary N) is 1. The van der Waals surface area contributed by atoms with Gasteiger partial charge in [0.25, 0.3) is 5.91 Å². The van der Waals surface area contributed by atoms with Gasteiger partial charge in [-0.15, -0.1) is 6.58 Å². The third kappa shape index (κ3) is 3.90. The van der Waals surface area contributed by atoms with Crippen LogP contribution in [0.4, 0.5) is 0 Å². The molecule has 1 amide bonds. The number of amides is 1. The first-order valence-corrected chi connectivity index (χ1v) is 7.36. The number of carbonyl (C=O) groups is 1. The van der Waals surface area contributed by atoms with Crippen molar-refractivity contribution in [1.29, 1.82) is 0 Å². The summed E-state index contributed by atoms with van der Waals surface area (Å²) in [6.07, 6.45) is 1.65. The molecule has 1 rings (SSSR count). The minimum absolute atomic E-state index is 0.0103. The molecule has 0 aromatic heterocycles. The number of rotatable bonds is 5. The van der Waals surface area contributed by atoms with Crippen molar-refractivity contribution in [3.05, 3.63) is 42.5 Å². The molecule has 0 bridgehead atoms. The number of carbonyl (C=O) groups excluding carboxylic acids is 1. The Labute approximate surface area is 113 Å². The average Bonchev–Trinajstić information content (AvgIpc) is 2.34. The van der Waals surface area contributed by atoms with Crippen LogP contribution >= 0.6 is 0 Å². The maximum atomic E-state index is 12.2. The van der Waals surface area contributed by atoms with Crippen molar-refractivity contribution < 1.29 is 13.2 Å². The first kappa shape index (κ1) is 15.4. The summed E-state index contributed by atoms with van der Waals surface area (Å²) in [5.74, 6) is -0.170. The largest absolute Gasteiger partial charge is 0.333 e. The minimum Gasteiger partial charge on any atom is -0.333 e. The van der Waals surface area contributed by atoms with Crippen molar-refractivity contribution in [2.75, 3.05) is 6.54 Å². The van der Waals surface area contributed by atoms with Gasteiger partial charge in [0.15, 0.2) is 0 Å². The van der Waals surface area contributed by atoms with E-state index in [9.17, 15) is 13.2 Å². The molecular weight excluding hydrogens is 264 g/mol. The highest BCUT2D eigenvalue weighted by Crippen LogP contribution is 2.12. The maximum Gasteiger partial charge on any atom is 0.254 e. The molecule has 0 radical (unpaired) electrons. The lowest BCUT2D eigenvalue weighted by Gasteiger charge is -2.25. The van der Waals surface area contributed by atoms with E-state index in [4.69, 9.17) is 5.14 Å². The first-order valence-electron chi connectivity index (χ1n) is 5.82. The molecule has 5 nitrogen and oxygen atoms in total. The van der Waals surface area contributed by atoms with E-state index in [1.54, 1.807) is 11.0 Å². The first-order chi connectivity index (χ1) is 8.77. The molecule has 0 unspecified atom stereocenters. The zero-order valence-electron chi connectivity index (χ0n) is 11.0.